The highest BCUT2D eigenvalue weighted by atomic mass is 35.5. The average molecular weight is 278 g/mol. The molecule has 0 saturated heterocycles. The number of rotatable bonds is 5. The van der Waals surface area contributed by atoms with Gasteiger partial charge in [-0.15, -0.1) is 11.6 Å². The first kappa shape index (κ1) is 12.5. The third kappa shape index (κ3) is 2.83. The summed E-state index contributed by atoms with van der Waals surface area (Å²) in [5, 5.41) is 0. The molecule has 5 nitrogen and oxygen atoms in total. The summed E-state index contributed by atoms with van der Waals surface area (Å²) in [6, 6.07) is 4.51. The van der Waals surface area contributed by atoms with Crippen molar-refractivity contribution in [3.05, 3.63) is 18.2 Å². The lowest BCUT2D eigenvalue weighted by molar-refractivity contribution is 0.174. The molecule has 1 aliphatic rings. The summed E-state index contributed by atoms with van der Waals surface area (Å²) < 4.78 is 36.4. The lowest BCUT2D eigenvalue weighted by Crippen LogP contribution is -2.24. The van der Waals surface area contributed by atoms with Gasteiger partial charge in [-0.25, -0.2) is 13.1 Å². The SMILES string of the molecule is O=S(=O)(NCCCCl)c1ccc2c(c1)OCO2. The average Bonchev–Trinajstić information content (AvgIpc) is 2.76. The molecule has 0 aliphatic carbocycles. The van der Waals surface area contributed by atoms with E-state index in [1.165, 1.54) is 12.1 Å². The van der Waals surface area contributed by atoms with Crippen molar-refractivity contribution in [3.8, 4) is 11.5 Å². The zero-order chi connectivity index (χ0) is 12.3. The molecule has 0 unspecified atom stereocenters. The summed E-state index contributed by atoms with van der Waals surface area (Å²) in [4.78, 5) is 0.163. The van der Waals surface area contributed by atoms with E-state index in [0.29, 0.717) is 30.3 Å². The molecule has 0 bridgehead atoms. The van der Waals surface area contributed by atoms with Crippen LogP contribution >= 0.6 is 11.6 Å². The number of halogens is 1. The van der Waals surface area contributed by atoms with E-state index in [-0.39, 0.29) is 11.7 Å². The molecule has 1 aliphatic heterocycles. The van der Waals surface area contributed by atoms with Gasteiger partial charge in [0.05, 0.1) is 4.90 Å². The van der Waals surface area contributed by atoms with Crippen LogP contribution in [-0.4, -0.2) is 27.6 Å². The Kier molecular flexibility index (Phi) is 3.76. The first-order valence-electron chi connectivity index (χ1n) is 5.09. The Labute approximate surface area is 105 Å². The zero-order valence-corrected chi connectivity index (χ0v) is 10.6. The molecule has 1 heterocycles. The Bertz CT molecular complexity index is 503. The fourth-order valence-corrected chi connectivity index (χ4v) is 2.62. The van der Waals surface area contributed by atoms with Gasteiger partial charge in [-0.1, -0.05) is 0 Å². The number of sulfonamides is 1. The van der Waals surface area contributed by atoms with Gasteiger partial charge in [-0.2, -0.15) is 0 Å². The predicted octanol–water partition coefficient (Wildman–Crippen LogP) is 1.32. The topological polar surface area (TPSA) is 64.6 Å². The number of fused-ring (bicyclic) bond motifs is 1. The molecule has 1 N–H and O–H groups in total. The van der Waals surface area contributed by atoms with Gasteiger partial charge in [-0.3, -0.25) is 0 Å². The van der Waals surface area contributed by atoms with E-state index in [0.717, 1.165) is 0 Å². The normalized spacial score (nSPS) is 13.9. The van der Waals surface area contributed by atoms with Gasteiger partial charge in [0.1, 0.15) is 0 Å². The smallest absolute Gasteiger partial charge is 0.240 e. The Morgan fingerprint density at radius 1 is 1.29 bits per heavy atom. The standard InChI is InChI=1S/C10H12ClNO4S/c11-4-1-5-12-17(13,14)8-2-3-9-10(6-8)16-7-15-9/h2-3,6,12H,1,4-5,7H2. The van der Waals surface area contributed by atoms with Crippen molar-refractivity contribution in [1.29, 1.82) is 0 Å². The largest absolute Gasteiger partial charge is 0.454 e. The highest BCUT2D eigenvalue weighted by molar-refractivity contribution is 7.89. The van der Waals surface area contributed by atoms with Crippen molar-refractivity contribution in [2.75, 3.05) is 19.2 Å². The number of nitrogens with one attached hydrogen (secondary N) is 1. The molecular formula is C10H12ClNO4S. The molecule has 0 atom stereocenters. The molecule has 2 rings (SSSR count). The number of benzene rings is 1. The van der Waals surface area contributed by atoms with E-state index in [4.69, 9.17) is 21.1 Å². The van der Waals surface area contributed by atoms with Gasteiger partial charge in [0.2, 0.25) is 16.8 Å². The van der Waals surface area contributed by atoms with Crippen LogP contribution in [0.2, 0.25) is 0 Å². The quantitative estimate of drug-likeness (QED) is 0.651. The van der Waals surface area contributed by atoms with Crippen LogP contribution in [0.4, 0.5) is 0 Å². The van der Waals surface area contributed by atoms with Crippen LogP contribution in [0.25, 0.3) is 0 Å². The molecule has 7 heteroatoms. The molecule has 94 valence electrons. The fourth-order valence-electron chi connectivity index (χ4n) is 1.40. The van der Waals surface area contributed by atoms with Gasteiger partial charge < -0.3 is 9.47 Å². The van der Waals surface area contributed by atoms with E-state index in [9.17, 15) is 8.42 Å². The highest BCUT2D eigenvalue weighted by Crippen LogP contribution is 2.33. The lowest BCUT2D eigenvalue weighted by Gasteiger charge is -2.06. The number of ether oxygens (including phenoxy) is 2. The van der Waals surface area contributed by atoms with Crippen molar-refractivity contribution >= 4 is 21.6 Å². The molecule has 0 saturated carbocycles. The number of hydrogen-bond acceptors (Lipinski definition) is 4. The second-order valence-electron chi connectivity index (χ2n) is 3.46. The second kappa shape index (κ2) is 5.12. The molecule has 0 spiro atoms. The predicted molar refractivity (Wildman–Crippen MR) is 63.1 cm³/mol. The van der Waals surface area contributed by atoms with Gasteiger partial charge in [0.25, 0.3) is 0 Å². The minimum absolute atomic E-state index is 0.124. The van der Waals surface area contributed by atoms with E-state index in [1.807, 2.05) is 0 Å². The van der Waals surface area contributed by atoms with Gasteiger partial charge in [0.15, 0.2) is 11.5 Å². The van der Waals surface area contributed by atoms with E-state index in [1.54, 1.807) is 6.07 Å². The van der Waals surface area contributed by atoms with Crippen LogP contribution < -0.4 is 14.2 Å². The minimum Gasteiger partial charge on any atom is -0.454 e. The summed E-state index contributed by atoms with van der Waals surface area (Å²) in [5.41, 5.74) is 0. The first-order valence-corrected chi connectivity index (χ1v) is 7.10. The summed E-state index contributed by atoms with van der Waals surface area (Å²) in [5.74, 6) is 1.43. The maximum absolute atomic E-state index is 11.9. The van der Waals surface area contributed by atoms with Gasteiger partial charge in [-0.05, 0) is 18.6 Å². The maximum Gasteiger partial charge on any atom is 0.240 e. The van der Waals surface area contributed by atoms with Crippen molar-refractivity contribution < 1.29 is 17.9 Å². The Hall–Kier alpha value is -0.980. The van der Waals surface area contributed by atoms with Crippen molar-refractivity contribution in [2.24, 2.45) is 0 Å². The third-order valence-electron chi connectivity index (χ3n) is 2.26. The van der Waals surface area contributed by atoms with Crippen LogP contribution in [0.3, 0.4) is 0 Å². The van der Waals surface area contributed by atoms with Crippen molar-refractivity contribution in [1.82, 2.24) is 4.72 Å². The molecule has 1 aromatic rings. The van der Waals surface area contributed by atoms with E-state index < -0.39 is 10.0 Å². The molecule has 1 aromatic carbocycles. The van der Waals surface area contributed by atoms with Crippen LogP contribution in [0.5, 0.6) is 11.5 Å². The molecular weight excluding hydrogens is 266 g/mol. The Morgan fingerprint density at radius 3 is 2.82 bits per heavy atom. The molecule has 0 amide bonds. The van der Waals surface area contributed by atoms with Gasteiger partial charge in [0, 0.05) is 18.5 Å². The van der Waals surface area contributed by atoms with E-state index >= 15 is 0 Å². The lowest BCUT2D eigenvalue weighted by atomic mass is 10.3. The van der Waals surface area contributed by atoms with Crippen LogP contribution in [-0.2, 0) is 10.0 Å². The fraction of sp³-hybridized carbons (Fsp3) is 0.400. The minimum atomic E-state index is -3.50. The second-order valence-corrected chi connectivity index (χ2v) is 5.60. The summed E-state index contributed by atoms with van der Waals surface area (Å²) in [6.07, 6.45) is 0.589. The van der Waals surface area contributed by atoms with Crippen LogP contribution in [0.15, 0.2) is 23.1 Å². The van der Waals surface area contributed by atoms with Crippen LogP contribution in [0, 0.1) is 0 Å². The summed E-state index contributed by atoms with van der Waals surface area (Å²) >= 11 is 5.48. The molecule has 0 aromatic heterocycles. The summed E-state index contributed by atoms with van der Waals surface area (Å²) in [6.45, 7) is 0.443. The van der Waals surface area contributed by atoms with E-state index in [2.05, 4.69) is 4.72 Å². The van der Waals surface area contributed by atoms with Crippen LogP contribution in [0.1, 0.15) is 6.42 Å². The Morgan fingerprint density at radius 2 is 2.06 bits per heavy atom. The summed E-state index contributed by atoms with van der Waals surface area (Å²) in [7, 11) is -3.50. The monoisotopic (exact) mass is 277 g/mol. The molecule has 0 radical (unpaired) electrons. The number of alkyl halides is 1. The third-order valence-corrected chi connectivity index (χ3v) is 3.98. The first-order chi connectivity index (χ1) is 8.13. The molecule has 0 fully saturated rings. The van der Waals surface area contributed by atoms with Crippen molar-refractivity contribution in [3.63, 3.8) is 0 Å². The number of hydrogen-bond donors (Lipinski definition) is 1. The zero-order valence-electron chi connectivity index (χ0n) is 8.98. The molecule has 17 heavy (non-hydrogen) atoms. The Balaban J connectivity index is 2.16. The highest BCUT2D eigenvalue weighted by Gasteiger charge is 2.19. The van der Waals surface area contributed by atoms with Gasteiger partial charge >= 0.3 is 0 Å². The van der Waals surface area contributed by atoms with Crippen molar-refractivity contribution in [2.45, 2.75) is 11.3 Å². The maximum atomic E-state index is 11.9.